The van der Waals surface area contributed by atoms with Crippen LogP contribution in [0.4, 0.5) is 0 Å². The van der Waals surface area contributed by atoms with Crippen LogP contribution in [-0.2, 0) is 23.9 Å². The van der Waals surface area contributed by atoms with Gasteiger partial charge in [0.15, 0.2) is 5.41 Å². The van der Waals surface area contributed by atoms with E-state index < -0.39 is 17.4 Å². The zero-order chi connectivity index (χ0) is 22.0. The molecule has 1 aliphatic heterocycles. The lowest BCUT2D eigenvalue weighted by molar-refractivity contribution is -0.304. The van der Waals surface area contributed by atoms with E-state index in [1.54, 1.807) is 0 Å². The summed E-state index contributed by atoms with van der Waals surface area (Å²) in [6.07, 6.45) is 7.78. The Morgan fingerprint density at radius 1 is 1.00 bits per heavy atom. The largest absolute Gasteiger partial charge is 0.468 e. The van der Waals surface area contributed by atoms with Gasteiger partial charge >= 0.3 is 11.9 Å². The Labute approximate surface area is 175 Å². The second-order valence-corrected chi connectivity index (χ2v) is 10.1. The molecular weight excluding hydrogens is 370 g/mol. The van der Waals surface area contributed by atoms with E-state index in [4.69, 9.17) is 14.3 Å². The van der Waals surface area contributed by atoms with Crippen LogP contribution in [0, 0.1) is 17.3 Å². The van der Waals surface area contributed by atoms with Crippen molar-refractivity contribution in [1.29, 1.82) is 0 Å². The Balaban J connectivity index is 2.38. The molecule has 2 aliphatic rings. The number of piperidine rings is 1. The van der Waals surface area contributed by atoms with Crippen LogP contribution in [0.25, 0.3) is 0 Å². The highest BCUT2D eigenvalue weighted by Crippen LogP contribution is 2.49. The molecule has 6 heteroatoms. The Bertz CT molecular complexity index is 605. The first-order valence-electron chi connectivity index (χ1n) is 10.7. The van der Waals surface area contributed by atoms with Crippen molar-refractivity contribution in [3.63, 3.8) is 0 Å². The lowest BCUT2D eigenvalue weighted by Crippen LogP contribution is -2.59. The van der Waals surface area contributed by atoms with Crippen molar-refractivity contribution in [2.24, 2.45) is 17.3 Å². The van der Waals surface area contributed by atoms with Gasteiger partial charge in [-0.2, -0.15) is 5.06 Å². The van der Waals surface area contributed by atoms with E-state index in [-0.39, 0.29) is 29.5 Å². The smallest absolute Gasteiger partial charge is 0.323 e. The van der Waals surface area contributed by atoms with Crippen molar-refractivity contribution in [2.75, 3.05) is 14.2 Å². The topological polar surface area (TPSA) is 65.1 Å². The molecule has 2 atom stereocenters. The monoisotopic (exact) mass is 409 g/mol. The van der Waals surface area contributed by atoms with Crippen molar-refractivity contribution in [3.8, 4) is 0 Å². The predicted molar refractivity (Wildman–Crippen MR) is 112 cm³/mol. The minimum absolute atomic E-state index is 0.118. The van der Waals surface area contributed by atoms with Gasteiger partial charge in [-0.15, -0.1) is 0 Å². The third-order valence-electron chi connectivity index (χ3n) is 6.46. The van der Waals surface area contributed by atoms with E-state index >= 15 is 0 Å². The van der Waals surface area contributed by atoms with Crippen molar-refractivity contribution in [3.05, 3.63) is 12.2 Å². The second-order valence-electron chi connectivity index (χ2n) is 10.1. The van der Waals surface area contributed by atoms with Crippen molar-refractivity contribution in [1.82, 2.24) is 5.06 Å². The van der Waals surface area contributed by atoms with Crippen LogP contribution in [0.2, 0.25) is 0 Å². The fourth-order valence-electron chi connectivity index (χ4n) is 5.09. The molecule has 0 spiro atoms. The molecule has 0 aromatic carbocycles. The van der Waals surface area contributed by atoms with Gasteiger partial charge in [0.05, 0.1) is 20.3 Å². The summed E-state index contributed by atoms with van der Waals surface area (Å²) in [4.78, 5) is 32.3. The number of nitrogens with zero attached hydrogens (tertiary/aromatic N) is 1. The first-order valence-corrected chi connectivity index (χ1v) is 10.7. The van der Waals surface area contributed by atoms with Crippen molar-refractivity contribution >= 4 is 11.9 Å². The number of allylic oxidation sites excluding steroid dienone is 2. The summed E-state index contributed by atoms with van der Waals surface area (Å²) < 4.78 is 10.1. The summed E-state index contributed by atoms with van der Waals surface area (Å²) in [6.45, 7) is 12.9. The average molecular weight is 410 g/mol. The standard InChI is InChI=1S/C23H39NO5/c1-16(2)10-11-17-14-18(15-23(17,19(25)27-7)20(26)28-8)29-24-21(3,4)12-9-13-22(24,5)6/h10-11,16-18H,9,12-15H2,1-8H3/b11-10+. The number of ether oxygens (including phenoxy) is 2. The van der Waals surface area contributed by atoms with E-state index in [0.29, 0.717) is 12.3 Å². The summed E-state index contributed by atoms with van der Waals surface area (Å²) >= 11 is 0. The van der Waals surface area contributed by atoms with Crippen molar-refractivity contribution < 1.29 is 23.9 Å². The van der Waals surface area contributed by atoms with Crippen LogP contribution in [-0.4, -0.2) is 48.4 Å². The lowest BCUT2D eigenvalue weighted by atomic mass is 9.77. The van der Waals surface area contributed by atoms with Gasteiger partial charge in [-0.1, -0.05) is 26.0 Å². The van der Waals surface area contributed by atoms with E-state index in [1.807, 2.05) is 12.2 Å². The summed E-state index contributed by atoms with van der Waals surface area (Å²) in [6, 6.07) is 0. The normalized spacial score (nSPS) is 28.6. The Morgan fingerprint density at radius 2 is 1.52 bits per heavy atom. The maximum Gasteiger partial charge on any atom is 0.323 e. The van der Waals surface area contributed by atoms with Gasteiger partial charge in [0.25, 0.3) is 0 Å². The Hall–Kier alpha value is -1.40. The third kappa shape index (κ3) is 4.69. The van der Waals surface area contributed by atoms with Gasteiger partial charge in [-0.3, -0.25) is 14.4 Å². The Kier molecular flexibility index (Phi) is 7.21. The molecule has 0 radical (unpaired) electrons. The Morgan fingerprint density at radius 3 is 1.97 bits per heavy atom. The van der Waals surface area contributed by atoms with Gasteiger partial charge < -0.3 is 9.47 Å². The van der Waals surface area contributed by atoms with Crippen LogP contribution in [0.3, 0.4) is 0 Å². The van der Waals surface area contributed by atoms with Crippen LogP contribution in [0.15, 0.2) is 12.2 Å². The van der Waals surface area contributed by atoms with Crippen LogP contribution in [0.5, 0.6) is 0 Å². The quantitative estimate of drug-likeness (QED) is 0.371. The molecule has 0 amide bonds. The molecular formula is C23H39NO5. The number of hydrogen-bond donors (Lipinski definition) is 0. The maximum atomic E-state index is 12.9. The van der Waals surface area contributed by atoms with Crippen LogP contribution < -0.4 is 0 Å². The zero-order valence-corrected chi connectivity index (χ0v) is 19.4. The summed E-state index contributed by atoms with van der Waals surface area (Å²) in [5, 5.41) is 2.10. The highest BCUT2D eigenvalue weighted by molar-refractivity contribution is 6.01. The highest BCUT2D eigenvalue weighted by Gasteiger charge is 2.60. The molecule has 6 nitrogen and oxygen atoms in total. The number of hydroxylamine groups is 2. The van der Waals surface area contributed by atoms with Gasteiger partial charge in [-0.25, -0.2) is 0 Å². The number of hydrogen-bond acceptors (Lipinski definition) is 6. The lowest BCUT2D eigenvalue weighted by Gasteiger charge is -2.52. The molecule has 29 heavy (non-hydrogen) atoms. The van der Waals surface area contributed by atoms with Gasteiger partial charge in [0, 0.05) is 23.4 Å². The minimum atomic E-state index is -1.37. The second kappa shape index (κ2) is 8.76. The zero-order valence-electron chi connectivity index (χ0n) is 19.4. The van der Waals surface area contributed by atoms with Gasteiger partial charge in [0.2, 0.25) is 0 Å². The molecule has 1 aliphatic carbocycles. The third-order valence-corrected chi connectivity index (χ3v) is 6.46. The van der Waals surface area contributed by atoms with E-state index in [9.17, 15) is 9.59 Å². The highest BCUT2D eigenvalue weighted by atomic mass is 16.7. The van der Waals surface area contributed by atoms with Gasteiger partial charge in [0.1, 0.15) is 0 Å². The SMILES string of the molecule is COC(=O)C1(C(=O)OC)CC(ON2C(C)(C)CCCC2(C)C)CC1/C=C/C(C)C. The van der Waals surface area contributed by atoms with Crippen LogP contribution >= 0.6 is 0 Å². The minimum Gasteiger partial charge on any atom is -0.468 e. The number of methoxy groups -OCH3 is 2. The predicted octanol–water partition coefficient (Wildman–Crippen LogP) is 4.28. The number of rotatable bonds is 6. The molecule has 1 saturated heterocycles. The molecule has 2 fully saturated rings. The molecule has 0 aromatic heterocycles. The summed E-state index contributed by atoms with van der Waals surface area (Å²) in [5.41, 5.74) is -1.61. The van der Waals surface area contributed by atoms with Gasteiger partial charge in [-0.05, 0) is 59.3 Å². The molecule has 0 bridgehead atoms. The first kappa shape index (κ1) is 23.9. The fourth-order valence-corrected chi connectivity index (χ4v) is 5.09. The molecule has 1 saturated carbocycles. The average Bonchev–Trinajstić information content (AvgIpc) is 3.01. The van der Waals surface area contributed by atoms with Crippen LogP contribution in [0.1, 0.15) is 73.6 Å². The van der Waals surface area contributed by atoms with Crippen molar-refractivity contribution in [2.45, 2.75) is 90.8 Å². The molecule has 0 N–H and O–H groups in total. The molecule has 2 rings (SSSR count). The number of carbonyl (C=O) groups excluding carboxylic acids is 2. The number of carbonyl (C=O) groups is 2. The molecule has 2 unspecified atom stereocenters. The molecule has 1 heterocycles. The molecule has 166 valence electrons. The van der Waals surface area contributed by atoms with E-state index in [2.05, 4.69) is 46.6 Å². The number of esters is 2. The van der Waals surface area contributed by atoms with E-state index in [1.165, 1.54) is 14.2 Å². The first-order chi connectivity index (χ1) is 13.4. The molecule has 0 aromatic rings. The summed E-state index contributed by atoms with van der Waals surface area (Å²) in [7, 11) is 2.64. The fraction of sp³-hybridized carbons (Fsp3) is 0.826. The maximum absolute atomic E-state index is 12.9. The summed E-state index contributed by atoms with van der Waals surface area (Å²) in [5.74, 6) is -1.12. The van der Waals surface area contributed by atoms with E-state index in [0.717, 1.165) is 19.3 Å².